The van der Waals surface area contributed by atoms with Crippen LogP contribution in [-0.2, 0) is 0 Å². The highest BCUT2D eigenvalue weighted by molar-refractivity contribution is 6.14. The maximum Gasteiger partial charge on any atom is 0.137 e. The monoisotopic (exact) mass is 652 g/mol. The number of fused-ring (bicyclic) bond motifs is 6. The molecule has 51 heavy (non-hydrogen) atoms. The average molecular weight is 653 g/mol. The van der Waals surface area contributed by atoms with Crippen molar-refractivity contribution in [3.63, 3.8) is 0 Å². The molecular formula is C48H32N2O. The lowest BCUT2D eigenvalue weighted by molar-refractivity contribution is 0.669. The number of para-hydroxylation sites is 3. The SMILES string of the molecule is c1ccc(-c2ccc(N(c3cccc(-c4ccc5c(c4)c4ccccc4n5-c4ccccc4)c3)c3cccc4oc5ccccc5c34)cc2)cc1. The maximum absolute atomic E-state index is 6.37. The van der Waals surface area contributed by atoms with Gasteiger partial charge in [0.05, 0.1) is 22.1 Å². The van der Waals surface area contributed by atoms with E-state index in [0.717, 1.165) is 50.3 Å². The summed E-state index contributed by atoms with van der Waals surface area (Å²) in [6.07, 6.45) is 0. The van der Waals surface area contributed by atoms with Crippen LogP contribution in [-0.4, -0.2) is 4.57 Å². The van der Waals surface area contributed by atoms with Gasteiger partial charge in [-0.15, -0.1) is 0 Å². The molecule has 8 aromatic carbocycles. The molecule has 0 spiro atoms. The Hall–Kier alpha value is -6.84. The van der Waals surface area contributed by atoms with E-state index in [-0.39, 0.29) is 0 Å². The highest BCUT2D eigenvalue weighted by Gasteiger charge is 2.20. The van der Waals surface area contributed by atoms with Crippen molar-refractivity contribution in [2.45, 2.75) is 0 Å². The maximum atomic E-state index is 6.37. The van der Waals surface area contributed by atoms with Gasteiger partial charge in [0.2, 0.25) is 0 Å². The summed E-state index contributed by atoms with van der Waals surface area (Å²) in [7, 11) is 0. The zero-order chi connectivity index (χ0) is 33.7. The van der Waals surface area contributed by atoms with Crippen molar-refractivity contribution in [2.24, 2.45) is 0 Å². The van der Waals surface area contributed by atoms with Crippen molar-refractivity contribution in [2.75, 3.05) is 4.90 Å². The Bertz CT molecular complexity index is 2850. The highest BCUT2D eigenvalue weighted by Crippen LogP contribution is 2.44. The van der Waals surface area contributed by atoms with Gasteiger partial charge in [-0.3, -0.25) is 0 Å². The lowest BCUT2D eigenvalue weighted by atomic mass is 10.0. The van der Waals surface area contributed by atoms with Gasteiger partial charge in [-0.05, 0) is 95.1 Å². The molecule has 0 aliphatic rings. The summed E-state index contributed by atoms with van der Waals surface area (Å²) in [6.45, 7) is 0. The molecule has 0 unspecified atom stereocenters. The molecule has 10 aromatic rings. The second kappa shape index (κ2) is 11.9. The fraction of sp³-hybridized carbons (Fsp3) is 0. The number of nitrogens with zero attached hydrogens (tertiary/aromatic N) is 2. The van der Waals surface area contributed by atoms with Crippen LogP contribution in [0.3, 0.4) is 0 Å². The smallest absolute Gasteiger partial charge is 0.137 e. The van der Waals surface area contributed by atoms with Gasteiger partial charge in [0.1, 0.15) is 11.2 Å². The predicted molar refractivity (Wildman–Crippen MR) is 214 cm³/mol. The van der Waals surface area contributed by atoms with Crippen LogP contribution in [0.1, 0.15) is 0 Å². The van der Waals surface area contributed by atoms with Gasteiger partial charge >= 0.3 is 0 Å². The van der Waals surface area contributed by atoms with Crippen molar-refractivity contribution in [1.82, 2.24) is 4.57 Å². The summed E-state index contributed by atoms with van der Waals surface area (Å²) in [4.78, 5) is 2.36. The van der Waals surface area contributed by atoms with Crippen LogP contribution in [0, 0.1) is 0 Å². The Morgan fingerprint density at radius 2 is 0.980 bits per heavy atom. The van der Waals surface area contributed by atoms with Crippen LogP contribution >= 0.6 is 0 Å². The molecule has 3 heteroatoms. The van der Waals surface area contributed by atoms with Crippen LogP contribution in [0.2, 0.25) is 0 Å². The molecule has 0 saturated heterocycles. The Kier molecular flexibility index (Phi) is 6.81. The normalized spacial score (nSPS) is 11.5. The predicted octanol–water partition coefficient (Wildman–Crippen LogP) is 13.5. The van der Waals surface area contributed by atoms with Crippen molar-refractivity contribution in [3.05, 3.63) is 194 Å². The van der Waals surface area contributed by atoms with E-state index in [0.29, 0.717) is 0 Å². The van der Waals surface area contributed by atoms with Crippen LogP contribution in [0.15, 0.2) is 199 Å². The highest BCUT2D eigenvalue weighted by atomic mass is 16.3. The van der Waals surface area contributed by atoms with Gasteiger partial charge in [0.15, 0.2) is 0 Å². The third kappa shape index (κ3) is 4.90. The molecule has 240 valence electrons. The summed E-state index contributed by atoms with van der Waals surface area (Å²) >= 11 is 0. The van der Waals surface area contributed by atoms with Gasteiger partial charge < -0.3 is 13.9 Å². The minimum Gasteiger partial charge on any atom is -0.456 e. The molecule has 0 N–H and O–H groups in total. The summed E-state index contributed by atoms with van der Waals surface area (Å²) < 4.78 is 8.73. The number of hydrogen-bond donors (Lipinski definition) is 0. The molecule has 2 heterocycles. The summed E-state index contributed by atoms with van der Waals surface area (Å²) in [5.41, 5.74) is 13.2. The molecule has 3 nitrogen and oxygen atoms in total. The van der Waals surface area contributed by atoms with E-state index in [1.807, 2.05) is 12.1 Å². The molecule has 2 aromatic heterocycles. The van der Waals surface area contributed by atoms with E-state index in [4.69, 9.17) is 4.42 Å². The fourth-order valence-electron chi connectivity index (χ4n) is 7.64. The second-order valence-corrected chi connectivity index (χ2v) is 13.0. The van der Waals surface area contributed by atoms with E-state index in [2.05, 4.69) is 191 Å². The molecule has 0 radical (unpaired) electrons. The van der Waals surface area contributed by atoms with Crippen LogP contribution in [0.25, 0.3) is 71.7 Å². The number of rotatable bonds is 6. The molecule has 0 aliphatic heterocycles. The molecule has 0 fully saturated rings. The van der Waals surface area contributed by atoms with Crippen LogP contribution in [0.4, 0.5) is 17.1 Å². The van der Waals surface area contributed by atoms with Crippen molar-refractivity contribution in [1.29, 1.82) is 0 Å². The van der Waals surface area contributed by atoms with E-state index in [1.165, 1.54) is 38.5 Å². The molecule has 0 atom stereocenters. The van der Waals surface area contributed by atoms with E-state index in [1.54, 1.807) is 0 Å². The number of benzene rings is 8. The first kappa shape index (κ1) is 29.1. The minimum absolute atomic E-state index is 0.871. The van der Waals surface area contributed by atoms with Crippen molar-refractivity contribution >= 4 is 60.8 Å². The summed E-state index contributed by atoms with van der Waals surface area (Å²) in [5.74, 6) is 0. The summed E-state index contributed by atoms with van der Waals surface area (Å²) in [5, 5.41) is 4.68. The van der Waals surface area contributed by atoms with Crippen molar-refractivity contribution < 1.29 is 4.42 Å². The van der Waals surface area contributed by atoms with Gasteiger partial charge in [0, 0.05) is 33.2 Å². The largest absolute Gasteiger partial charge is 0.456 e. The lowest BCUT2D eigenvalue weighted by Crippen LogP contribution is -2.10. The first-order chi connectivity index (χ1) is 25.3. The Morgan fingerprint density at radius 3 is 1.82 bits per heavy atom. The van der Waals surface area contributed by atoms with Gasteiger partial charge in [0.25, 0.3) is 0 Å². The van der Waals surface area contributed by atoms with E-state index >= 15 is 0 Å². The zero-order valence-electron chi connectivity index (χ0n) is 27.8. The van der Waals surface area contributed by atoms with Crippen molar-refractivity contribution in [3.8, 4) is 27.9 Å². The van der Waals surface area contributed by atoms with Gasteiger partial charge in [-0.25, -0.2) is 0 Å². The Balaban J connectivity index is 1.15. The second-order valence-electron chi connectivity index (χ2n) is 13.0. The van der Waals surface area contributed by atoms with Crippen LogP contribution < -0.4 is 4.90 Å². The molecule has 0 bridgehead atoms. The number of aromatic nitrogens is 1. The third-order valence-corrected chi connectivity index (χ3v) is 9.98. The fourth-order valence-corrected chi connectivity index (χ4v) is 7.64. The van der Waals surface area contributed by atoms with Crippen LogP contribution in [0.5, 0.6) is 0 Å². The van der Waals surface area contributed by atoms with E-state index in [9.17, 15) is 0 Å². The number of anilines is 3. The van der Waals surface area contributed by atoms with Gasteiger partial charge in [-0.1, -0.05) is 121 Å². The molecular weight excluding hydrogens is 621 g/mol. The molecule has 0 amide bonds. The third-order valence-electron chi connectivity index (χ3n) is 9.98. The molecule has 0 aliphatic carbocycles. The number of furan rings is 1. The molecule has 0 saturated carbocycles. The standard InChI is InChI=1S/C48H32N2O/c1-3-13-33(14-4-1)34-25-28-38(29-26-34)49(45-22-12-24-47-48(45)41-20-8-10-23-46(41)51-47)39-18-11-15-35(31-39)36-27-30-44-42(32-36)40-19-7-9-21-43(40)50(44)37-16-5-2-6-17-37/h1-32H. The molecule has 10 rings (SSSR count). The average Bonchev–Trinajstić information content (AvgIpc) is 3.75. The quantitative estimate of drug-likeness (QED) is 0.178. The summed E-state index contributed by atoms with van der Waals surface area (Å²) in [6, 6.07) is 69.1. The Labute approximate surface area is 295 Å². The van der Waals surface area contributed by atoms with E-state index < -0.39 is 0 Å². The minimum atomic E-state index is 0.871. The number of hydrogen-bond acceptors (Lipinski definition) is 2. The van der Waals surface area contributed by atoms with Gasteiger partial charge in [-0.2, -0.15) is 0 Å². The first-order valence-corrected chi connectivity index (χ1v) is 17.4. The lowest BCUT2D eigenvalue weighted by Gasteiger charge is -2.27. The Morgan fingerprint density at radius 1 is 0.373 bits per heavy atom. The zero-order valence-corrected chi connectivity index (χ0v) is 27.8. The topological polar surface area (TPSA) is 21.3 Å². The first-order valence-electron chi connectivity index (χ1n) is 17.4.